The average Bonchev–Trinajstić information content (AvgIpc) is 3.22. The molecular weight excluding hydrogens is 440 g/mol. The van der Waals surface area contributed by atoms with Crippen LogP contribution in [0.15, 0.2) is 11.6 Å². The first-order valence-corrected chi connectivity index (χ1v) is 14.0. The molecule has 5 rings (SSSR count). The summed E-state index contributed by atoms with van der Waals surface area (Å²) in [4.78, 5) is 12.9. The Bertz CT molecular complexity index is 947. The number of hydrogen-bond acceptors (Lipinski definition) is 5. The molecule has 198 valence electrons. The molecular formula is C30H48O5. The maximum atomic E-state index is 12.9. The summed E-state index contributed by atoms with van der Waals surface area (Å²) in [6.45, 7) is 16.9. The number of ketones is 1. The first-order valence-electron chi connectivity index (χ1n) is 14.0. The number of carbonyl (C=O) groups is 1. The minimum atomic E-state index is -1.23. The highest BCUT2D eigenvalue weighted by molar-refractivity contribution is 5.85. The zero-order chi connectivity index (χ0) is 26.0. The van der Waals surface area contributed by atoms with E-state index in [-0.39, 0.29) is 39.4 Å². The lowest BCUT2D eigenvalue weighted by molar-refractivity contribution is -0.197. The molecule has 35 heavy (non-hydrogen) atoms. The van der Waals surface area contributed by atoms with Crippen LogP contribution in [0.2, 0.25) is 0 Å². The monoisotopic (exact) mass is 488 g/mol. The lowest BCUT2D eigenvalue weighted by Crippen LogP contribution is -2.65. The standard InChI is InChI=1S/C30H48O5/c1-17-15-19(24(33)26(4,5)34)35-30(17)14-13-28(7)21(30)16-18(31)23-27(6)11-10-22(32)25(2,3)20(27)9-12-29(23,28)8/h16-20,23-24,31,33-34H,9-15H2,1-8H3/t17-,18+,19+,20-,23+,24-,27+,28+,29+,30-/m1/s1. The molecule has 0 aromatic heterocycles. The van der Waals surface area contributed by atoms with Crippen molar-refractivity contribution in [1.82, 2.24) is 0 Å². The van der Waals surface area contributed by atoms with Crippen LogP contribution in [0.5, 0.6) is 0 Å². The second-order valence-electron chi connectivity index (χ2n) is 14.8. The van der Waals surface area contributed by atoms with E-state index in [9.17, 15) is 20.1 Å². The van der Waals surface area contributed by atoms with E-state index in [0.717, 1.165) is 32.1 Å². The van der Waals surface area contributed by atoms with Gasteiger partial charge in [-0.05, 0) is 86.0 Å². The van der Waals surface area contributed by atoms with Crippen molar-refractivity contribution in [2.24, 2.45) is 39.4 Å². The molecule has 3 N–H and O–H groups in total. The first-order chi connectivity index (χ1) is 15.9. The molecule has 0 unspecified atom stereocenters. The highest BCUT2D eigenvalue weighted by Gasteiger charge is 2.72. The Morgan fingerprint density at radius 3 is 2.37 bits per heavy atom. The van der Waals surface area contributed by atoms with Crippen molar-refractivity contribution in [1.29, 1.82) is 0 Å². The van der Waals surface area contributed by atoms with Gasteiger partial charge in [0.05, 0.1) is 23.4 Å². The highest BCUT2D eigenvalue weighted by atomic mass is 16.5. The maximum Gasteiger partial charge on any atom is 0.138 e. The van der Waals surface area contributed by atoms with Gasteiger partial charge in [0.25, 0.3) is 0 Å². The van der Waals surface area contributed by atoms with Crippen molar-refractivity contribution >= 4 is 5.78 Å². The number of Topliss-reactive ketones (excluding diaryl/α,β-unsaturated/α-hetero) is 1. The summed E-state index contributed by atoms with van der Waals surface area (Å²) in [5.74, 6) is 0.953. The van der Waals surface area contributed by atoms with E-state index < -0.39 is 29.5 Å². The number of ether oxygens (including phenoxy) is 1. The molecule has 0 bridgehead atoms. The molecule has 0 aromatic rings. The van der Waals surface area contributed by atoms with Crippen LogP contribution in [0.1, 0.15) is 100 Å². The van der Waals surface area contributed by atoms with Gasteiger partial charge in [0.1, 0.15) is 11.9 Å². The molecule has 4 fully saturated rings. The fraction of sp³-hybridized carbons (Fsp3) is 0.900. The van der Waals surface area contributed by atoms with E-state index in [2.05, 4.69) is 47.6 Å². The summed E-state index contributed by atoms with van der Waals surface area (Å²) in [5.41, 5.74) is -1.15. The zero-order valence-electron chi connectivity index (χ0n) is 23.1. The van der Waals surface area contributed by atoms with E-state index in [4.69, 9.17) is 4.74 Å². The van der Waals surface area contributed by atoms with Crippen molar-refractivity contribution in [3.8, 4) is 0 Å². The third-order valence-corrected chi connectivity index (χ3v) is 12.4. The van der Waals surface area contributed by atoms with E-state index >= 15 is 0 Å². The second kappa shape index (κ2) is 7.42. The number of aliphatic hydroxyl groups is 3. The van der Waals surface area contributed by atoms with Crippen LogP contribution < -0.4 is 0 Å². The van der Waals surface area contributed by atoms with Crippen LogP contribution in [0, 0.1) is 39.4 Å². The van der Waals surface area contributed by atoms with Gasteiger partial charge in [-0.2, -0.15) is 0 Å². The van der Waals surface area contributed by atoms with Crippen molar-refractivity contribution in [3.05, 3.63) is 11.6 Å². The summed E-state index contributed by atoms with van der Waals surface area (Å²) in [5, 5.41) is 33.2. The van der Waals surface area contributed by atoms with Crippen molar-refractivity contribution < 1.29 is 24.9 Å². The molecule has 0 radical (unpaired) electrons. The Kier molecular flexibility index (Phi) is 5.49. The topological polar surface area (TPSA) is 87.0 Å². The Labute approximate surface area is 211 Å². The average molecular weight is 489 g/mol. The predicted octanol–water partition coefficient (Wildman–Crippen LogP) is 4.81. The molecule has 10 atom stereocenters. The van der Waals surface area contributed by atoms with Gasteiger partial charge in [-0.15, -0.1) is 0 Å². The fourth-order valence-corrected chi connectivity index (χ4v) is 10.3. The molecule has 3 saturated carbocycles. The fourth-order valence-electron chi connectivity index (χ4n) is 10.3. The molecule has 0 aromatic carbocycles. The molecule has 5 heteroatoms. The Balaban J connectivity index is 1.57. The largest absolute Gasteiger partial charge is 0.389 e. The molecule has 1 spiro atoms. The van der Waals surface area contributed by atoms with Crippen LogP contribution in [-0.2, 0) is 9.53 Å². The third-order valence-electron chi connectivity index (χ3n) is 12.4. The van der Waals surface area contributed by atoms with E-state index in [1.165, 1.54) is 5.57 Å². The van der Waals surface area contributed by atoms with Gasteiger partial charge >= 0.3 is 0 Å². The van der Waals surface area contributed by atoms with Crippen molar-refractivity contribution in [2.75, 3.05) is 0 Å². The lowest BCUT2D eigenvalue weighted by Gasteiger charge is -2.68. The predicted molar refractivity (Wildman–Crippen MR) is 136 cm³/mol. The number of carbonyl (C=O) groups excluding carboxylic acids is 1. The van der Waals surface area contributed by atoms with Crippen molar-refractivity contribution in [2.45, 2.75) is 130 Å². The smallest absolute Gasteiger partial charge is 0.138 e. The van der Waals surface area contributed by atoms with Gasteiger partial charge < -0.3 is 20.1 Å². The van der Waals surface area contributed by atoms with Crippen LogP contribution in [0.25, 0.3) is 0 Å². The van der Waals surface area contributed by atoms with Crippen LogP contribution in [0.3, 0.4) is 0 Å². The molecule has 1 saturated heterocycles. The minimum Gasteiger partial charge on any atom is -0.389 e. The number of hydrogen-bond donors (Lipinski definition) is 3. The number of rotatable bonds is 2. The molecule has 1 heterocycles. The molecule has 0 amide bonds. The summed E-state index contributed by atoms with van der Waals surface area (Å²) in [7, 11) is 0. The Hall–Kier alpha value is -0.750. The number of fused-ring (bicyclic) bond motifs is 6. The van der Waals surface area contributed by atoms with Gasteiger partial charge in [0.15, 0.2) is 0 Å². The first kappa shape index (κ1) is 25.9. The van der Waals surface area contributed by atoms with Gasteiger partial charge in [-0.1, -0.05) is 47.6 Å². The SMILES string of the molecule is C[C@@H]1C[C@@H]([C@@H](O)C(C)(C)O)O[C@]12CC[C@@]1(C)C2=C[C@H](O)[C@H]2[C@@]3(C)CCC(=O)C(C)(C)[C@H]3CC[C@@]21C. The van der Waals surface area contributed by atoms with E-state index in [0.29, 0.717) is 18.6 Å². The third kappa shape index (κ3) is 3.11. The highest BCUT2D eigenvalue weighted by Crippen LogP contribution is 2.75. The van der Waals surface area contributed by atoms with Crippen LogP contribution in [0.4, 0.5) is 0 Å². The lowest BCUT2D eigenvalue weighted by atomic mass is 9.36. The van der Waals surface area contributed by atoms with E-state index in [1.54, 1.807) is 13.8 Å². The Morgan fingerprint density at radius 1 is 1.09 bits per heavy atom. The van der Waals surface area contributed by atoms with Gasteiger partial charge in [-0.3, -0.25) is 4.79 Å². The second-order valence-corrected chi connectivity index (χ2v) is 14.8. The summed E-state index contributed by atoms with van der Waals surface area (Å²) in [6.07, 6.45) is 6.23. The maximum absolute atomic E-state index is 12.9. The quantitative estimate of drug-likeness (QED) is 0.486. The summed E-state index contributed by atoms with van der Waals surface area (Å²) >= 11 is 0. The van der Waals surface area contributed by atoms with Crippen LogP contribution in [-0.4, -0.2) is 50.6 Å². The van der Waals surface area contributed by atoms with E-state index in [1.807, 2.05) is 0 Å². The Morgan fingerprint density at radius 2 is 1.74 bits per heavy atom. The molecule has 4 aliphatic carbocycles. The molecule has 1 aliphatic heterocycles. The summed E-state index contributed by atoms with van der Waals surface area (Å²) in [6, 6.07) is 0. The minimum absolute atomic E-state index is 0.0909. The van der Waals surface area contributed by atoms with Gasteiger partial charge in [0, 0.05) is 17.8 Å². The molecule has 5 aliphatic rings. The van der Waals surface area contributed by atoms with Gasteiger partial charge in [0.2, 0.25) is 0 Å². The van der Waals surface area contributed by atoms with Crippen LogP contribution >= 0.6 is 0 Å². The van der Waals surface area contributed by atoms with Gasteiger partial charge in [-0.25, -0.2) is 0 Å². The normalized spacial score (nSPS) is 52.0. The zero-order valence-corrected chi connectivity index (χ0v) is 23.1. The number of aliphatic hydroxyl groups excluding tert-OH is 2. The summed E-state index contributed by atoms with van der Waals surface area (Å²) < 4.78 is 6.76. The molecule has 5 nitrogen and oxygen atoms in total. The van der Waals surface area contributed by atoms with Crippen molar-refractivity contribution in [3.63, 3.8) is 0 Å².